The Hall–Kier alpha value is -3.39. The third-order valence-electron chi connectivity index (χ3n) is 4.22. The summed E-state index contributed by atoms with van der Waals surface area (Å²) in [5.41, 5.74) is -1.30. The maximum atomic E-state index is 13.3. The van der Waals surface area contributed by atoms with Gasteiger partial charge in [-0.1, -0.05) is 43.0 Å². The molecule has 0 fully saturated rings. The summed E-state index contributed by atoms with van der Waals surface area (Å²) in [5.74, 6) is -2.23. The molecule has 0 atom stereocenters. The summed E-state index contributed by atoms with van der Waals surface area (Å²) in [6, 6.07) is 8.58. The van der Waals surface area contributed by atoms with Crippen molar-refractivity contribution in [1.29, 1.82) is 0 Å². The number of hydrogen-bond donors (Lipinski definition) is 1. The van der Waals surface area contributed by atoms with Crippen LogP contribution in [0.25, 0.3) is 24.4 Å². The second-order valence-electron chi connectivity index (χ2n) is 6.03. The molecule has 1 heterocycles. The predicted molar refractivity (Wildman–Crippen MR) is 101 cm³/mol. The van der Waals surface area contributed by atoms with Crippen LogP contribution in [0, 0.1) is 0 Å². The van der Waals surface area contributed by atoms with Gasteiger partial charge in [0.25, 0.3) is 5.91 Å². The summed E-state index contributed by atoms with van der Waals surface area (Å²) < 4.78 is 40.7. The highest BCUT2D eigenvalue weighted by Gasteiger charge is 2.37. The molecule has 0 unspecified atom stereocenters. The number of aromatic nitrogens is 2. The molecule has 0 bridgehead atoms. The molecule has 0 saturated carbocycles. The van der Waals surface area contributed by atoms with Crippen LogP contribution < -0.4 is 10.6 Å². The summed E-state index contributed by atoms with van der Waals surface area (Å²) in [4.78, 5) is 23.8. The largest absolute Gasteiger partial charge is 0.478 e. The van der Waals surface area contributed by atoms with E-state index in [1.54, 1.807) is 0 Å². The SMILES string of the molecule is C=c1c(-c2ccc(C(=O)O)cc2)nn(C(=O)c2c(Cl)cccc2C(F)(F)F)c1=C. The monoisotopic (exact) mass is 420 g/mol. The second-order valence-corrected chi connectivity index (χ2v) is 6.44. The van der Waals surface area contributed by atoms with Crippen LogP contribution in [0.3, 0.4) is 0 Å². The fourth-order valence-electron chi connectivity index (χ4n) is 2.74. The molecule has 3 rings (SSSR count). The first-order chi connectivity index (χ1) is 13.5. The lowest BCUT2D eigenvalue weighted by Gasteiger charge is -2.13. The van der Waals surface area contributed by atoms with Crippen molar-refractivity contribution >= 4 is 36.6 Å². The van der Waals surface area contributed by atoms with Crippen molar-refractivity contribution in [3.05, 3.63) is 74.7 Å². The highest BCUT2D eigenvalue weighted by molar-refractivity contribution is 6.34. The van der Waals surface area contributed by atoms with E-state index in [-0.39, 0.29) is 26.8 Å². The molecule has 3 aromatic rings. The van der Waals surface area contributed by atoms with Crippen LogP contribution in [-0.2, 0) is 6.18 Å². The normalized spacial score (nSPS) is 11.4. The third kappa shape index (κ3) is 3.66. The number of carbonyl (C=O) groups is 2. The van der Waals surface area contributed by atoms with Crippen molar-refractivity contribution in [2.45, 2.75) is 6.18 Å². The predicted octanol–water partition coefficient (Wildman–Crippen LogP) is 3.43. The number of carbonyl (C=O) groups excluding carboxylic acids is 1. The topological polar surface area (TPSA) is 72.2 Å². The van der Waals surface area contributed by atoms with E-state index in [1.807, 2.05) is 0 Å². The van der Waals surface area contributed by atoms with Gasteiger partial charge in [0.2, 0.25) is 0 Å². The Labute approximate surface area is 167 Å². The van der Waals surface area contributed by atoms with Crippen molar-refractivity contribution in [2.75, 3.05) is 0 Å². The van der Waals surface area contributed by atoms with E-state index >= 15 is 0 Å². The lowest BCUT2D eigenvalue weighted by Crippen LogP contribution is -2.33. The molecule has 5 nitrogen and oxygen atoms in total. The van der Waals surface area contributed by atoms with E-state index in [1.165, 1.54) is 30.3 Å². The number of nitrogens with zero attached hydrogens (tertiary/aromatic N) is 2. The number of benzene rings is 2. The summed E-state index contributed by atoms with van der Waals surface area (Å²) in [6.45, 7) is 7.45. The van der Waals surface area contributed by atoms with Crippen LogP contribution in [0.5, 0.6) is 0 Å². The van der Waals surface area contributed by atoms with Gasteiger partial charge in [-0.25, -0.2) is 4.79 Å². The zero-order chi connectivity index (χ0) is 21.5. The van der Waals surface area contributed by atoms with Crippen LogP contribution >= 0.6 is 11.6 Å². The number of aromatic carboxylic acids is 1. The standard InChI is InChI=1S/C20H12ClF3N2O3/c1-10-11(2)26(25-17(10)12-6-8-13(9-7-12)19(28)29)18(27)16-14(20(22,23)24)4-3-5-15(16)21/h3-9H,1-2H2,(H,28,29). The Kier molecular flexibility index (Phi) is 5.06. The third-order valence-corrected chi connectivity index (χ3v) is 4.54. The van der Waals surface area contributed by atoms with Crippen molar-refractivity contribution < 1.29 is 27.9 Å². The Bertz CT molecular complexity index is 1230. The van der Waals surface area contributed by atoms with Gasteiger partial charge in [-0.3, -0.25) is 4.79 Å². The van der Waals surface area contributed by atoms with E-state index in [2.05, 4.69) is 18.3 Å². The minimum Gasteiger partial charge on any atom is -0.478 e. The molecular formula is C20H12ClF3N2O3. The van der Waals surface area contributed by atoms with E-state index in [0.29, 0.717) is 10.2 Å². The summed E-state index contributed by atoms with van der Waals surface area (Å²) in [5, 5.41) is 12.9. The molecule has 0 aliphatic rings. The summed E-state index contributed by atoms with van der Waals surface area (Å²) in [7, 11) is 0. The summed E-state index contributed by atoms with van der Waals surface area (Å²) in [6.07, 6.45) is -4.80. The van der Waals surface area contributed by atoms with Crippen LogP contribution in [0.2, 0.25) is 5.02 Å². The number of carboxylic acid groups (broad SMARTS) is 1. The van der Waals surface area contributed by atoms with Crippen LogP contribution in [0.1, 0.15) is 26.3 Å². The first-order valence-corrected chi connectivity index (χ1v) is 8.41. The number of alkyl halides is 3. The van der Waals surface area contributed by atoms with E-state index in [4.69, 9.17) is 16.7 Å². The van der Waals surface area contributed by atoms with Crippen LogP contribution in [0.4, 0.5) is 13.2 Å². The molecule has 148 valence electrons. The van der Waals surface area contributed by atoms with Crippen LogP contribution in [0.15, 0.2) is 42.5 Å². The number of rotatable bonds is 3. The first kappa shape index (κ1) is 20.3. The molecule has 0 amide bonds. The smallest absolute Gasteiger partial charge is 0.417 e. The highest BCUT2D eigenvalue weighted by atomic mass is 35.5. The van der Waals surface area contributed by atoms with Gasteiger partial charge < -0.3 is 5.11 Å². The minimum atomic E-state index is -4.80. The molecule has 0 saturated heterocycles. The number of hydrogen-bond acceptors (Lipinski definition) is 3. The Morgan fingerprint density at radius 3 is 2.24 bits per heavy atom. The van der Waals surface area contributed by atoms with Crippen molar-refractivity contribution in [1.82, 2.24) is 9.78 Å². The molecule has 0 radical (unpaired) electrons. The molecule has 0 spiro atoms. The second kappa shape index (κ2) is 7.21. The fraction of sp³-hybridized carbons (Fsp3) is 0.0500. The van der Waals surface area contributed by atoms with Crippen LogP contribution in [-0.4, -0.2) is 26.8 Å². The highest BCUT2D eigenvalue weighted by Crippen LogP contribution is 2.35. The zero-order valence-corrected chi connectivity index (χ0v) is 15.4. The van der Waals surface area contributed by atoms with Gasteiger partial charge in [0, 0.05) is 10.8 Å². The van der Waals surface area contributed by atoms with E-state index in [9.17, 15) is 22.8 Å². The Morgan fingerprint density at radius 1 is 1.07 bits per heavy atom. The average Bonchev–Trinajstić information content (AvgIpc) is 2.95. The summed E-state index contributed by atoms with van der Waals surface area (Å²) >= 11 is 5.89. The van der Waals surface area contributed by atoms with Gasteiger partial charge >= 0.3 is 12.1 Å². The van der Waals surface area contributed by atoms with E-state index in [0.717, 1.165) is 12.1 Å². The van der Waals surface area contributed by atoms with Gasteiger partial charge in [-0.2, -0.15) is 23.0 Å². The van der Waals surface area contributed by atoms with Crippen molar-refractivity contribution in [3.8, 4) is 11.3 Å². The number of halogens is 4. The number of carboxylic acids is 1. The minimum absolute atomic E-state index is 0.0136. The maximum Gasteiger partial charge on any atom is 0.417 e. The lowest BCUT2D eigenvalue weighted by atomic mass is 10.1. The maximum absolute atomic E-state index is 13.3. The zero-order valence-electron chi connectivity index (χ0n) is 14.6. The fourth-order valence-corrected chi connectivity index (χ4v) is 2.99. The van der Waals surface area contributed by atoms with Gasteiger partial charge in [0.15, 0.2) is 0 Å². The van der Waals surface area contributed by atoms with E-state index < -0.39 is 29.2 Å². The van der Waals surface area contributed by atoms with Gasteiger partial charge in [0.1, 0.15) is 5.69 Å². The molecule has 29 heavy (non-hydrogen) atoms. The Balaban J connectivity index is 2.15. The lowest BCUT2D eigenvalue weighted by molar-refractivity contribution is -0.137. The molecule has 0 aliphatic heterocycles. The molecule has 2 aromatic carbocycles. The van der Waals surface area contributed by atoms with Crippen molar-refractivity contribution in [2.24, 2.45) is 0 Å². The molecule has 9 heteroatoms. The quantitative estimate of drug-likeness (QED) is 0.704. The first-order valence-electron chi connectivity index (χ1n) is 8.03. The average molecular weight is 421 g/mol. The van der Waals surface area contributed by atoms with Gasteiger partial charge in [0.05, 0.1) is 27.1 Å². The van der Waals surface area contributed by atoms with Gasteiger partial charge in [-0.05, 0) is 24.3 Å². The molecule has 1 aromatic heterocycles. The molecule has 1 N–H and O–H groups in total. The van der Waals surface area contributed by atoms with Crippen molar-refractivity contribution in [3.63, 3.8) is 0 Å². The Morgan fingerprint density at radius 2 is 1.69 bits per heavy atom. The molecular weight excluding hydrogens is 409 g/mol. The van der Waals surface area contributed by atoms with Gasteiger partial charge in [-0.15, -0.1) is 0 Å². The molecule has 0 aliphatic carbocycles.